The van der Waals surface area contributed by atoms with E-state index in [2.05, 4.69) is 10.7 Å². The van der Waals surface area contributed by atoms with Gasteiger partial charge in [0.1, 0.15) is 6.54 Å². The number of nitrogens with zero attached hydrogens (tertiary/aromatic N) is 1. The fourth-order valence-corrected chi connectivity index (χ4v) is 3.06. The zero-order valence-corrected chi connectivity index (χ0v) is 15.9. The van der Waals surface area contributed by atoms with E-state index in [-0.39, 0.29) is 18.9 Å². The Labute approximate surface area is 163 Å². The van der Waals surface area contributed by atoms with E-state index >= 15 is 0 Å². The third-order valence-corrected chi connectivity index (χ3v) is 4.40. The molecule has 2 atom stereocenters. The Morgan fingerprint density at radius 3 is 2.43 bits per heavy atom. The van der Waals surface area contributed by atoms with Gasteiger partial charge in [-0.1, -0.05) is 56.3 Å². The molecule has 1 heterocycles. The van der Waals surface area contributed by atoms with Crippen LogP contribution in [0, 0.1) is 17.8 Å². The smallest absolute Gasteiger partial charge is 0.343 e. The first-order chi connectivity index (χ1) is 13.3. The molecular weight excluding hydrogens is 362 g/mol. The summed E-state index contributed by atoms with van der Waals surface area (Å²) >= 11 is 0. The number of aliphatic carboxylic acids is 1. The van der Waals surface area contributed by atoms with Crippen LogP contribution in [0.4, 0.5) is 4.79 Å². The Morgan fingerprint density at radius 2 is 1.89 bits per heavy atom. The summed E-state index contributed by atoms with van der Waals surface area (Å²) < 4.78 is 0. The van der Waals surface area contributed by atoms with Crippen molar-refractivity contribution in [2.75, 3.05) is 6.54 Å². The molecule has 150 valence electrons. The van der Waals surface area contributed by atoms with Crippen molar-refractivity contribution in [1.82, 2.24) is 15.8 Å². The highest BCUT2D eigenvalue weighted by molar-refractivity contribution is 6.02. The molecule has 28 heavy (non-hydrogen) atoms. The van der Waals surface area contributed by atoms with Crippen LogP contribution >= 0.6 is 0 Å². The molecule has 0 aliphatic carbocycles. The molecule has 2 rings (SSSR count). The van der Waals surface area contributed by atoms with E-state index in [9.17, 15) is 24.3 Å². The Kier molecular flexibility index (Phi) is 7.31. The summed E-state index contributed by atoms with van der Waals surface area (Å²) in [6.07, 6.45) is 4.05. The average Bonchev–Trinajstić information content (AvgIpc) is 2.94. The van der Waals surface area contributed by atoms with Gasteiger partial charge in [0, 0.05) is 0 Å². The fraction of sp³-hybridized carbons (Fsp3) is 0.400. The molecule has 4 amide bonds. The number of carboxylic acid groups (broad SMARTS) is 1. The van der Waals surface area contributed by atoms with Gasteiger partial charge >= 0.3 is 12.0 Å². The molecule has 1 aromatic carbocycles. The molecule has 0 aromatic heterocycles. The summed E-state index contributed by atoms with van der Waals surface area (Å²) in [6.45, 7) is 3.50. The number of allylic oxidation sites excluding steroid dienone is 1. The van der Waals surface area contributed by atoms with E-state index < -0.39 is 35.7 Å². The normalized spacial score (nSPS) is 16.3. The SMILES string of the molecule is CC(C)C[C@@H](C(=O)NN1CC(=O)NC1=O)[C@H](C/C=C/c1ccccc1)C(=O)O. The van der Waals surface area contributed by atoms with Gasteiger partial charge in [-0.05, 0) is 24.3 Å². The average molecular weight is 387 g/mol. The quantitative estimate of drug-likeness (QED) is 0.561. The van der Waals surface area contributed by atoms with Crippen molar-refractivity contribution < 1.29 is 24.3 Å². The topological polar surface area (TPSA) is 116 Å². The van der Waals surface area contributed by atoms with Gasteiger partial charge in [-0.2, -0.15) is 0 Å². The number of nitrogens with one attached hydrogen (secondary N) is 2. The zero-order chi connectivity index (χ0) is 20.7. The van der Waals surface area contributed by atoms with Crippen LogP contribution in [0.15, 0.2) is 36.4 Å². The van der Waals surface area contributed by atoms with E-state index in [1.807, 2.05) is 50.3 Å². The van der Waals surface area contributed by atoms with Crippen LogP contribution in [0.3, 0.4) is 0 Å². The van der Waals surface area contributed by atoms with Crippen molar-refractivity contribution >= 4 is 29.9 Å². The maximum Gasteiger partial charge on any atom is 0.343 e. The standard InChI is InChI=1S/C20H25N3O5/c1-13(2)11-16(18(25)22-23-12-17(24)21-20(23)28)15(19(26)27)10-6-9-14-7-4-3-5-8-14/h3-9,13,15-16H,10-12H2,1-2H3,(H,22,25)(H,26,27)(H,21,24,28)/b9-6+/t15-,16+/m0/s1. The molecule has 3 N–H and O–H groups in total. The highest BCUT2D eigenvalue weighted by atomic mass is 16.4. The summed E-state index contributed by atoms with van der Waals surface area (Å²) in [7, 11) is 0. The number of hydrogen-bond donors (Lipinski definition) is 3. The molecule has 0 radical (unpaired) electrons. The van der Waals surface area contributed by atoms with Crippen LogP contribution in [0.1, 0.15) is 32.3 Å². The van der Waals surface area contributed by atoms with Crippen molar-refractivity contribution in [1.29, 1.82) is 0 Å². The monoisotopic (exact) mass is 387 g/mol. The van der Waals surface area contributed by atoms with E-state index in [0.717, 1.165) is 10.6 Å². The molecule has 8 nitrogen and oxygen atoms in total. The number of imide groups is 1. The lowest BCUT2D eigenvalue weighted by atomic mass is 9.82. The number of carbonyl (C=O) groups is 4. The highest BCUT2D eigenvalue weighted by Crippen LogP contribution is 2.25. The molecule has 1 fully saturated rings. The van der Waals surface area contributed by atoms with Crippen molar-refractivity contribution in [2.45, 2.75) is 26.7 Å². The summed E-state index contributed by atoms with van der Waals surface area (Å²) in [4.78, 5) is 47.5. The Balaban J connectivity index is 2.13. The number of carboxylic acids is 1. The second kappa shape index (κ2) is 9.68. The Morgan fingerprint density at radius 1 is 1.21 bits per heavy atom. The van der Waals surface area contributed by atoms with Gasteiger partial charge in [-0.25, -0.2) is 9.80 Å². The molecule has 0 saturated carbocycles. The second-order valence-corrected chi connectivity index (χ2v) is 7.15. The molecule has 0 spiro atoms. The van der Waals surface area contributed by atoms with Gasteiger partial charge in [0.15, 0.2) is 0 Å². The highest BCUT2D eigenvalue weighted by Gasteiger charge is 2.36. The van der Waals surface area contributed by atoms with E-state index in [4.69, 9.17) is 0 Å². The summed E-state index contributed by atoms with van der Waals surface area (Å²) in [5.74, 6) is -3.92. The fourth-order valence-electron chi connectivity index (χ4n) is 3.06. The van der Waals surface area contributed by atoms with Crippen molar-refractivity contribution in [3.8, 4) is 0 Å². The molecule has 0 unspecified atom stereocenters. The number of rotatable bonds is 9. The van der Waals surface area contributed by atoms with E-state index in [1.54, 1.807) is 6.08 Å². The van der Waals surface area contributed by atoms with E-state index in [0.29, 0.717) is 6.42 Å². The van der Waals surface area contributed by atoms with Crippen LogP contribution in [0.25, 0.3) is 6.08 Å². The Bertz CT molecular complexity index is 760. The number of carbonyl (C=O) groups excluding carboxylic acids is 3. The van der Waals surface area contributed by atoms with Gasteiger partial charge in [0.2, 0.25) is 11.8 Å². The predicted molar refractivity (Wildman–Crippen MR) is 103 cm³/mol. The van der Waals surface area contributed by atoms with Crippen molar-refractivity contribution in [2.24, 2.45) is 17.8 Å². The number of hydrogen-bond acceptors (Lipinski definition) is 4. The lowest BCUT2D eigenvalue weighted by Gasteiger charge is -2.26. The van der Waals surface area contributed by atoms with Crippen LogP contribution in [0.2, 0.25) is 0 Å². The number of amides is 4. The maximum atomic E-state index is 12.7. The third kappa shape index (κ3) is 5.94. The molecule has 8 heteroatoms. The van der Waals surface area contributed by atoms with Gasteiger partial charge in [-0.3, -0.25) is 25.1 Å². The van der Waals surface area contributed by atoms with Crippen LogP contribution in [0.5, 0.6) is 0 Å². The lowest BCUT2D eigenvalue weighted by molar-refractivity contribution is -0.148. The van der Waals surface area contributed by atoms with Crippen molar-refractivity contribution in [3.63, 3.8) is 0 Å². The van der Waals surface area contributed by atoms with Gasteiger partial charge < -0.3 is 5.11 Å². The van der Waals surface area contributed by atoms with Gasteiger partial charge in [0.05, 0.1) is 11.8 Å². The second-order valence-electron chi connectivity index (χ2n) is 7.15. The minimum Gasteiger partial charge on any atom is -0.481 e. The molecule has 1 aliphatic heterocycles. The molecule has 1 aromatic rings. The largest absolute Gasteiger partial charge is 0.481 e. The van der Waals surface area contributed by atoms with Gasteiger partial charge in [0.25, 0.3) is 0 Å². The number of benzene rings is 1. The Hall–Kier alpha value is -3.16. The predicted octanol–water partition coefficient (Wildman–Crippen LogP) is 2.04. The zero-order valence-electron chi connectivity index (χ0n) is 15.9. The first kappa shape index (κ1) is 21.1. The van der Waals surface area contributed by atoms with Crippen LogP contribution in [-0.2, 0) is 14.4 Å². The minimum absolute atomic E-state index is 0.0738. The maximum absolute atomic E-state index is 12.7. The molecular formula is C20H25N3O5. The summed E-state index contributed by atoms with van der Waals surface area (Å²) in [6, 6.07) is 8.72. The third-order valence-electron chi connectivity index (χ3n) is 4.40. The van der Waals surface area contributed by atoms with Crippen LogP contribution < -0.4 is 10.7 Å². The molecule has 1 aliphatic rings. The molecule has 1 saturated heterocycles. The summed E-state index contributed by atoms with van der Waals surface area (Å²) in [5.41, 5.74) is 3.32. The number of urea groups is 1. The van der Waals surface area contributed by atoms with Gasteiger partial charge in [-0.15, -0.1) is 0 Å². The van der Waals surface area contributed by atoms with Crippen molar-refractivity contribution in [3.05, 3.63) is 42.0 Å². The first-order valence-electron chi connectivity index (χ1n) is 9.14. The minimum atomic E-state index is -1.08. The lowest BCUT2D eigenvalue weighted by Crippen LogP contribution is -2.49. The number of hydrazine groups is 1. The first-order valence-corrected chi connectivity index (χ1v) is 9.14. The van der Waals surface area contributed by atoms with Crippen LogP contribution in [-0.4, -0.2) is 40.5 Å². The summed E-state index contributed by atoms with van der Waals surface area (Å²) in [5, 5.41) is 12.6. The van der Waals surface area contributed by atoms with E-state index in [1.165, 1.54) is 0 Å². The molecule has 0 bridgehead atoms.